The van der Waals surface area contributed by atoms with E-state index in [2.05, 4.69) is 0 Å². The van der Waals surface area contributed by atoms with Gasteiger partial charge in [-0.3, -0.25) is 60.7 Å². The van der Waals surface area contributed by atoms with E-state index in [0.29, 0.717) is 0 Å². The number of nitro groups is 6. The number of rotatable bonds is 15. The van der Waals surface area contributed by atoms with E-state index in [0.717, 1.165) is 54.6 Å². The molecule has 6 aromatic carbocycles. The summed E-state index contributed by atoms with van der Waals surface area (Å²) in [4.78, 5) is 59.1. The van der Waals surface area contributed by atoms with Crippen molar-refractivity contribution < 1.29 is 54.8 Å². The Morgan fingerprint density at radius 2 is 0.439 bits per heavy atom. The van der Waals surface area contributed by atoms with Crippen LogP contribution in [0.15, 0.2) is 175 Å². The molecule has 0 saturated carbocycles. The molecule has 0 radical (unpaired) electrons. The van der Waals surface area contributed by atoms with Crippen LogP contribution in [0.2, 0.25) is 0 Å². The van der Waals surface area contributed by atoms with E-state index in [4.69, 9.17) is 0 Å². The third-order valence-electron chi connectivity index (χ3n) is 7.78. The highest BCUT2D eigenvalue weighted by molar-refractivity contribution is 8.72. The van der Waals surface area contributed by atoms with Crippen LogP contribution in [-0.4, -0.2) is 54.8 Å². The lowest BCUT2D eigenvalue weighted by Gasteiger charge is -2.05. The van der Waals surface area contributed by atoms with Gasteiger partial charge in [0.05, 0.1) is 29.5 Å². The van der Waals surface area contributed by atoms with E-state index < -0.39 is 87.9 Å². The van der Waals surface area contributed by atoms with Gasteiger partial charge < -0.3 is 0 Å². The van der Waals surface area contributed by atoms with Crippen molar-refractivity contribution in [3.05, 3.63) is 206 Å². The molecule has 0 aliphatic heterocycles. The van der Waals surface area contributed by atoms with Gasteiger partial charge in [-0.25, -0.2) is 25.3 Å². The zero-order valence-electron chi connectivity index (χ0n) is 32.3. The van der Waals surface area contributed by atoms with Crippen molar-refractivity contribution >= 4 is 93.1 Å². The van der Waals surface area contributed by atoms with Crippen LogP contribution in [0.3, 0.4) is 0 Å². The van der Waals surface area contributed by atoms with Gasteiger partial charge in [-0.1, -0.05) is 72.8 Å². The molecule has 0 heterocycles. The lowest BCUT2D eigenvalue weighted by molar-refractivity contribution is -0.388. The summed E-state index contributed by atoms with van der Waals surface area (Å²) < 4.78 is 74.0. The number of hydrogen-bond acceptors (Lipinski definition) is 21. The molecule has 30 heteroatoms. The summed E-state index contributed by atoms with van der Waals surface area (Å²) in [5, 5.41) is 65.5. The third kappa shape index (κ3) is 13.1. The normalized spacial score (nSPS) is 11.1. The van der Waals surface area contributed by atoms with Crippen molar-refractivity contribution in [2.24, 2.45) is 0 Å². The third-order valence-corrected chi connectivity index (χ3v) is 17.9. The minimum atomic E-state index is -4.17. The van der Waals surface area contributed by atoms with Crippen molar-refractivity contribution in [1.82, 2.24) is 0 Å². The number of nitrogens with zero attached hydrogens (tertiary/aromatic N) is 6. The van der Waals surface area contributed by atoms with Crippen molar-refractivity contribution in [1.29, 1.82) is 0 Å². The molecule has 0 spiro atoms. The summed E-state index contributed by atoms with van der Waals surface area (Å²) in [6, 6.07) is 30.4. The highest BCUT2D eigenvalue weighted by atomic mass is 33.1. The van der Waals surface area contributed by atoms with Gasteiger partial charge in [0.25, 0.3) is 34.1 Å². The van der Waals surface area contributed by atoms with Gasteiger partial charge in [0.1, 0.15) is 14.7 Å². The number of hydrogen-bond donors (Lipinski definition) is 0. The predicted octanol–water partition coefficient (Wildman–Crippen LogP) is 8.95. The SMILES string of the molecule is O=[N+]([O-])c1ccccc1SS(=O)(=O)c1ccccc1[N+](=O)[O-].O=[N+]([O-])c1ccccc1SS(=O)(=O)c1ccccc1[N+](=O)[O-].O=[N+]([O-])c1ccccc1SS(=O)(=O)c1ccccc1[N+](=O)[O-]. The summed E-state index contributed by atoms with van der Waals surface area (Å²) in [5.41, 5.74) is -2.87. The fraction of sp³-hybridized carbons (Fsp3) is 0. The van der Waals surface area contributed by atoms with Crippen LogP contribution >= 0.6 is 32.4 Å². The van der Waals surface area contributed by atoms with E-state index in [-0.39, 0.29) is 64.1 Å². The van der Waals surface area contributed by atoms with E-state index in [1.807, 2.05) is 0 Å². The molecule has 0 amide bonds. The van der Waals surface area contributed by atoms with Crippen molar-refractivity contribution in [3.8, 4) is 0 Å². The molecule has 0 atom stereocenters. The largest absolute Gasteiger partial charge is 0.288 e. The lowest BCUT2D eigenvalue weighted by Crippen LogP contribution is -2.01. The molecule has 24 nitrogen and oxygen atoms in total. The Morgan fingerprint density at radius 3 is 0.636 bits per heavy atom. The van der Waals surface area contributed by atoms with Crippen molar-refractivity contribution in [2.45, 2.75) is 29.4 Å². The van der Waals surface area contributed by atoms with Crippen LogP contribution in [0.25, 0.3) is 0 Å². The molecule has 0 unspecified atom stereocenters. The second-order valence-electron chi connectivity index (χ2n) is 12.0. The molecule has 0 saturated heterocycles. The van der Waals surface area contributed by atoms with Crippen molar-refractivity contribution in [2.75, 3.05) is 0 Å². The molecular weight excluding hydrogens is 997 g/mol. The molecule has 0 aliphatic rings. The highest BCUT2D eigenvalue weighted by Crippen LogP contribution is 2.42. The summed E-state index contributed by atoms with van der Waals surface area (Å²) in [5.74, 6) is 0. The zero-order chi connectivity index (χ0) is 49.0. The first kappa shape index (κ1) is 51.3. The molecule has 66 heavy (non-hydrogen) atoms. The second kappa shape index (κ2) is 22.0. The zero-order valence-corrected chi connectivity index (χ0v) is 37.2. The number of nitro benzene ring substituents is 6. The Bertz CT molecular complexity index is 2890. The van der Waals surface area contributed by atoms with Gasteiger partial charge >= 0.3 is 0 Å². The monoisotopic (exact) mass is 1020 g/mol. The van der Waals surface area contributed by atoms with Crippen molar-refractivity contribution in [3.63, 3.8) is 0 Å². The first-order valence-electron chi connectivity index (χ1n) is 17.2. The summed E-state index contributed by atoms with van der Waals surface area (Å²) in [7, 11) is -11.9. The van der Waals surface area contributed by atoms with Crippen LogP contribution < -0.4 is 0 Å². The Balaban J connectivity index is 0.000000216. The molecular formula is C36H24N6O18S6. The topological polar surface area (TPSA) is 361 Å². The molecule has 0 aromatic heterocycles. The fourth-order valence-electron chi connectivity index (χ4n) is 4.98. The van der Waals surface area contributed by atoms with Gasteiger partial charge in [0.15, 0.2) is 14.7 Å². The van der Waals surface area contributed by atoms with Crippen LogP contribution in [0.4, 0.5) is 34.1 Å². The quantitative estimate of drug-likeness (QED) is 0.0526. The van der Waals surface area contributed by atoms with E-state index in [9.17, 15) is 85.9 Å². The van der Waals surface area contributed by atoms with E-state index >= 15 is 0 Å². The fourth-order valence-corrected chi connectivity index (χ4v) is 14.5. The van der Waals surface area contributed by atoms with Crippen LogP contribution in [-0.2, 0) is 26.6 Å². The first-order valence-corrected chi connectivity index (χ1v) is 25.7. The maximum Gasteiger partial charge on any atom is 0.288 e. The summed E-state index contributed by atoms with van der Waals surface area (Å²) >= 11 is 0. The van der Waals surface area contributed by atoms with E-state index in [1.165, 1.54) is 91.0 Å². The van der Waals surface area contributed by atoms with Crippen LogP contribution in [0.1, 0.15) is 0 Å². The standard InChI is InChI=1S/3C12H8N2O6S2/c3*15-13(16)9-5-1-3-7-11(9)21-22(19,20)12-8-4-2-6-10(12)14(17)18/h3*1-8H. The smallest absolute Gasteiger partial charge is 0.258 e. The maximum absolute atomic E-state index is 12.3. The summed E-state index contributed by atoms with van der Waals surface area (Å²) in [6.07, 6.45) is 0. The Morgan fingerprint density at radius 1 is 0.273 bits per heavy atom. The second-order valence-corrected chi connectivity index (χ2v) is 23.3. The van der Waals surface area contributed by atoms with Gasteiger partial charge in [-0.15, -0.1) is 0 Å². The Labute approximate surface area is 381 Å². The summed E-state index contributed by atoms with van der Waals surface area (Å²) in [6.45, 7) is 0. The molecule has 0 aliphatic carbocycles. The molecule has 6 aromatic rings. The minimum absolute atomic E-state index is 0.106. The molecule has 0 bridgehead atoms. The Hall–Kier alpha value is -7.38. The lowest BCUT2D eigenvalue weighted by atomic mass is 10.3. The minimum Gasteiger partial charge on any atom is -0.258 e. The Kier molecular flexibility index (Phi) is 17.1. The van der Waals surface area contributed by atoms with E-state index in [1.54, 1.807) is 0 Å². The highest BCUT2D eigenvalue weighted by Gasteiger charge is 2.32. The first-order chi connectivity index (χ1) is 31.0. The maximum atomic E-state index is 12.3. The van der Waals surface area contributed by atoms with Gasteiger partial charge in [-0.2, -0.15) is 0 Å². The molecule has 0 N–H and O–H groups in total. The van der Waals surface area contributed by atoms with Crippen LogP contribution in [0, 0.1) is 60.7 Å². The number of benzene rings is 6. The average Bonchev–Trinajstić information content (AvgIpc) is 3.26. The average molecular weight is 1020 g/mol. The van der Waals surface area contributed by atoms with Crippen LogP contribution in [0.5, 0.6) is 0 Å². The van der Waals surface area contributed by atoms with Gasteiger partial charge in [-0.05, 0) is 36.4 Å². The van der Waals surface area contributed by atoms with Gasteiger partial charge in [0.2, 0.25) is 26.6 Å². The molecule has 0 fully saturated rings. The predicted molar refractivity (Wildman–Crippen MR) is 238 cm³/mol. The molecule has 342 valence electrons. The van der Waals surface area contributed by atoms with Gasteiger partial charge in [0, 0.05) is 68.8 Å². The molecule has 6 rings (SSSR count). The number of para-hydroxylation sites is 6.